The van der Waals surface area contributed by atoms with E-state index in [1.165, 1.54) is 0 Å². The number of halogens is 4. The number of rotatable bonds is 0. The molecule has 11 heavy (non-hydrogen) atoms. The van der Waals surface area contributed by atoms with E-state index in [0.29, 0.717) is 0 Å². The van der Waals surface area contributed by atoms with Crippen molar-refractivity contribution in [2.45, 2.75) is 5.50 Å². The number of hydrogen-bond acceptors (Lipinski definition) is 2. The van der Waals surface area contributed by atoms with E-state index in [4.69, 9.17) is 52.1 Å². The summed E-state index contributed by atoms with van der Waals surface area (Å²) in [6, 6.07) is 0. The van der Waals surface area contributed by atoms with Crippen molar-refractivity contribution in [1.29, 1.82) is 0 Å². The Bertz CT molecular complexity index is 245. The van der Waals surface area contributed by atoms with Crippen LogP contribution in [0.1, 0.15) is 0 Å². The second-order valence-electron chi connectivity index (χ2n) is 1.90. The van der Waals surface area contributed by atoms with Crippen molar-refractivity contribution >= 4 is 46.4 Å². The molecule has 62 valence electrons. The van der Waals surface area contributed by atoms with Gasteiger partial charge in [0.2, 0.25) is 0 Å². The molecule has 0 saturated carbocycles. The van der Waals surface area contributed by atoms with Gasteiger partial charge in [-0.25, -0.2) is 0 Å². The lowest BCUT2D eigenvalue weighted by Gasteiger charge is -2.20. The lowest BCUT2D eigenvalue weighted by atomic mass is 10.3. The molecule has 0 spiro atoms. The Morgan fingerprint density at radius 1 is 1.18 bits per heavy atom. The lowest BCUT2D eigenvalue weighted by Crippen LogP contribution is -2.32. The maximum Gasteiger partial charge on any atom is 0.140 e. The van der Waals surface area contributed by atoms with Crippen LogP contribution in [0.4, 0.5) is 0 Å². The molecule has 0 aliphatic carbocycles. The molecule has 1 atom stereocenters. The maximum absolute atomic E-state index is 5.66. The third kappa shape index (κ3) is 1.70. The zero-order chi connectivity index (χ0) is 8.59. The van der Waals surface area contributed by atoms with Crippen molar-refractivity contribution < 1.29 is 0 Å². The molecule has 1 unspecified atom stereocenters. The van der Waals surface area contributed by atoms with Gasteiger partial charge in [-0.15, -0.1) is 0 Å². The molecule has 1 rings (SSSR count). The van der Waals surface area contributed by atoms with Gasteiger partial charge >= 0.3 is 0 Å². The fourth-order valence-electron chi connectivity index (χ4n) is 0.598. The molecule has 3 N–H and O–H groups in total. The summed E-state index contributed by atoms with van der Waals surface area (Å²) < 4.78 is 0. The first-order valence-corrected chi connectivity index (χ1v) is 4.22. The Labute approximate surface area is 83.9 Å². The molecule has 0 radical (unpaired) electrons. The summed E-state index contributed by atoms with van der Waals surface area (Å²) in [5, 5.41) is 3.28. The first kappa shape index (κ1) is 9.33. The van der Waals surface area contributed by atoms with Crippen LogP contribution in [0.5, 0.6) is 0 Å². The smallest absolute Gasteiger partial charge is 0.140 e. The van der Waals surface area contributed by atoms with Gasteiger partial charge in [0.25, 0.3) is 0 Å². The van der Waals surface area contributed by atoms with Crippen molar-refractivity contribution in [3.8, 4) is 0 Å². The van der Waals surface area contributed by atoms with Gasteiger partial charge in [-0.1, -0.05) is 46.4 Å². The summed E-state index contributed by atoms with van der Waals surface area (Å²) in [5.41, 5.74) is 4.81. The van der Waals surface area contributed by atoms with Gasteiger partial charge in [-0.05, 0) is 0 Å². The molecule has 2 nitrogen and oxygen atoms in total. The highest BCUT2D eigenvalue weighted by Gasteiger charge is 2.22. The monoisotopic (exact) mass is 232 g/mol. The van der Waals surface area contributed by atoms with E-state index < -0.39 is 5.50 Å². The average Bonchev–Trinajstić information content (AvgIpc) is 1.97. The van der Waals surface area contributed by atoms with Gasteiger partial charge < -0.3 is 11.1 Å². The summed E-state index contributed by atoms with van der Waals surface area (Å²) in [7, 11) is 0. The molecule has 1 aliphatic heterocycles. The number of alkyl halides is 1. The largest absolute Gasteiger partial charge is 0.384 e. The van der Waals surface area contributed by atoms with Crippen LogP contribution < -0.4 is 11.1 Å². The highest BCUT2D eigenvalue weighted by atomic mass is 35.5. The topological polar surface area (TPSA) is 38.0 Å². The second kappa shape index (κ2) is 3.31. The molecule has 0 fully saturated rings. The summed E-state index contributed by atoms with van der Waals surface area (Å²) in [6.07, 6.45) is 0. The molecule has 0 bridgehead atoms. The van der Waals surface area contributed by atoms with Gasteiger partial charge in [-0.3, -0.25) is 0 Å². The SMILES string of the molecule is NC1=C(Cl)C(Cl)=C(Cl)C(Cl)N1. The Kier molecular flexibility index (Phi) is 2.81. The molecule has 1 heterocycles. The normalized spacial score (nSPS) is 25.6. The average molecular weight is 234 g/mol. The highest BCUT2D eigenvalue weighted by Crippen LogP contribution is 2.32. The van der Waals surface area contributed by atoms with E-state index in [2.05, 4.69) is 5.32 Å². The predicted molar refractivity (Wildman–Crippen MR) is 48.6 cm³/mol. The summed E-state index contributed by atoms with van der Waals surface area (Å²) in [4.78, 5) is 0. The highest BCUT2D eigenvalue weighted by molar-refractivity contribution is 6.50. The number of dihydropyridines is 1. The van der Waals surface area contributed by atoms with E-state index >= 15 is 0 Å². The summed E-state index contributed by atoms with van der Waals surface area (Å²) in [5.74, 6) is 0.237. The van der Waals surface area contributed by atoms with E-state index in [0.717, 1.165) is 0 Å². The first-order chi connectivity index (χ1) is 5.04. The van der Waals surface area contributed by atoms with Crippen molar-refractivity contribution in [3.63, 3.8) is 0 Å². The van der Waals surface area contributed by atoms with Crippen LogP contribution in [0.25, 0.3) is 0 Å². The Morgan fingerprint density at radius 2 is 1.73 bits per heavy atom. The molecule has 0 aromatic heterocycles. The first-order valence-electron chi connectivity index (χ1n) is 2.65. The van der Waals surface area contributed by atoms with Crippen LogP contribution in [-0.4, -0.2) is 5.50 Å². The minimum absolute atomic E-state index is 0.199. The number of nitrogens with two attached hydrogens (primary N) is 1. The molecular formula is C5H4Cl4N2. The van der Waals surface area contributed by atoms with Crippen LogP contribution in [0.2, 0.25) is 0 Å². The molecule has 0 saturated heterocycles. The van der Waals surface area contributed by atoms with Gasteiger partial charge in [0, 0.05) is 0 Å². The molecule has 6 heteroatoms. The van der Waals surface area contributed by atoms with Crippen molar-refractivity contribution in [2.24, 2.45) is 5.73 Å². The van der Waals surface area contributed by atoms with E-state index in [-0.39, 0.29) is 20.9 Å². The third-order valence-electron chi connectivity index (χ3n) is 1.14. The van der Waals surface area contributed by atoms with E-state index in [1.54, 1.807) is 0 Å². The van der Waals surface area contributed by atoms with Crippen molar-refractivity contribution in [3.05, 3.63) is 20.9 Å². The zero-order valence-corrected chi connectivity index (χ0v) is 8.19. The van der Waals surface area contributed by atoms with Gasteiger partial charge in [0.05, 0.1) is 10.1 Å². The number of allylic oxidation sites excluding steroid dienone is 2. The Morgan fingerprint density at radius 3 is 2.27 bits per heavy atom. The molecule has 1 aliphatic rings. The number of hydrogen-bond donors (Lipinski definition) is 2. The van der Waals surface area contributed by atoms with Crippen LogP contribution in [0.15, 0.2) is 20.9 Å². The third-order valence-corrected chi connectivity index (χ3v) is 2.97. The van der Waals surface area contributed by atoms with Crippen LogP contribution in [0.3, 0.4) is 0 Å². The fourth-order valence-corrected chi connectivity index (χ4v) is 1.44. The van der Waals surface area contributed by atoms with Gasteiger partial charge in [0.15, 0.2) is 0 Å². The minimum Gasteiger partial charge on any atom is -0.384 e. The zero-order valence-electron chi connectivity index (χ0n) is 5.17. The van der Waals surface area contributed by atoms with Gasteiger partial charge in [0.1, 0.15) is 16.4 Å². The molecule has 0 aromatic rings. The van der Waals surface area contributed by atoms with E-state index in [9.17, 15) is 0 Å². The molecular weight excluding hydrogens is 230 g/mol. The summed E-state index contributed by atoms with van der Waals surface area (Å²) in [6.45, 7) is 0. The van der Waals surface area contributed by atoms with Crippen LogP contribution in [0, 0.1) is 0 Å². The van der Waals surface area contributed by atoms with Crippen molar-refractivity contribution in [2.75, 3.05) is 0 Å². The molecule has 0 amide bonds. The second-order valence-corrected chi connectivity index (χ2v) is 3.50. The van der Waals surface area contributed by atoms with Crippen molar-refractivity contribution in [1.82, 2.24) is 5.32 Å². The van der Waals surface area contributed by atoms with Gasteiger partial charge in [-0.2, -0.15) is 0 Å². The lowest BCUT2D eigenvalue weighted by molar-refractivity contribution is 0.803. The summed E-state index contributed by atoms with van der Waals surface area (Å²) >= 11 is 22.6. The Balaban J connectivity index is 3.07. The van der Waals surface area contributed by atoms with Crippen LogP contribution in [-0.2, 0) is 0 Å². The van der Waals surface area contributed by atoms with E-state index in [1.807, 2.05) is 0 Å². The quantitative estimate of drug-likeness (QED) is 0.498. The maximum atomic E-state index is 5.66. The molecule has 0 aromatic carbocycles. The predicted octanol–water partition coefficient (Wildman–Crippen LogP) is 2.21. The Hall–Kier alpha value is 0.240. The fraction of sp³-hybridized carbons (Fsp3) is 0.200. The standard InChI is InChI=1S/C5H4Cl4N2/c6-1-2(7)4(9)11-5(10)3(1)8/h4,11H,10H2. The minimum atomic E-state index is -0.591. The number of nitrogens with one attached hydrogen (secondary N) is 1. The van der Waals surface area contributed by atoms with Crippen LogP contribution >= 0.6 is 46.4 Å².